The summed E-state index contributed by atoms with van der Waals surface area (Å²) in [5, 5.41) is 0. The van der Waals surface area contributed by atoms with Crippen LogP contribution in [0, 0.1) is 0 Å². The van der Waals surface area contributed by atoms with Crippen molar-refractivity contribution in [2.75, 3.05) is 13.2 Å². The first kappa shape index (κ1) is 78.9. The van der Waals surface area contributed by atoms with Crippen LogP contribution in [0.3, 0.4) is 0 Å². The van der Waals surface area contributed by atoms with E-state index in [-0.39, 0.29) is 31.1 Å². The van der Waals surface area contributed by atoms with Gasteiger partial charge in [-0.15, -0.1) is 0 Å². The van der Waals surface area contributed by atoms with Gasteiger partial charge in [-0.1, -0.05) is 373 Å². The molecule has 0 aliphatic heterocycles. The van der Waals surface area contributed by atoms with E-state index in [2.05, 4.69) is 45.1 Å². The quantitative estimate of drug-likeness (QED) is 0.0261. The summed E-state index contributed by atoms with van der Waals surface area (Å²) in [6.45, 7) is 6.69. The average Bonchev–Trinajstić information content (AvgIpc) is 3.47. The molecule has 0 aromatic carbocycles. The second-order valence-corrected chi connectivity index (χ2v) is 25.2. The van der Waals surface area contributed by atoms with E-state index in [4.69, 9.17) is 14.2 Å². The van der Waals surface area contributed by atoms with Crippen molar-refractivity contribution in [1.82, 2.24) is 0 Å². The number of allylic oxidation sites excluding steroid dienone is 4. The number of carbonyl (C=O) groups excluding carboxylic acids is 3. The van der Waals surface area contributed by atoms with Gasteiger partial charge in [0.15, 0.2) is 6.10 Å². The number of hydrogen-bond acceptors (Lipinski definition) is 6. The third kappa shape index (κ3) is 68.6. The molecule has 1 unspecified atom stereocenters. The SMILES string of the molecule is CCCCC/C=C\C/C=C\CCCCCCCC(=O)OCC(COC(=O)CCCCCCCCCCCCCCCCCCCCCCCCCCCCCCCCCC)OC(=O)CCCCCCCCCCCCCCCCCC. The minimum absolute atomic E-state index is 0.0693. The van der Waals surface area contributed by atoms with E-state index in [1.54, 1.807) is 0 Å². The van der Waals surface area contributed by atoms with Gasteiger partial charge in [-0.3, -0.25) is 14.4 Å². The van der Waals surface area contributed by atoms with Crippen LogP contribution in [0.25, 0.3) is 0 Å². The van der Waals surface area contributed by atoms with Crippen LogP contribution in [0.1, 0.15) is 419 Å². The molecule has 0 aromatic rings. The maximum atomic E-state index is 12.9. The molecule has 0 aliphatic rings. The number of ether oxygens (including phenoxy) is 3. The Morgan fingerprint density at radius 3 is 0.704 bits per heavy atom. The monoisotopic (exact) mass is 1140 g/mol. The van der Waals surface area contributed by atoms with Crippen molar-refractivity contribution in [3.05, 3.63) is 24.3 Å². The van der Waals surface area contributed by atoms with Crippen LogP contribution in [0.5, 0.6) is 0 Å². The van der Waals surface area contributed by atoms with Gasteiger partial charge in [-0.05, 0) is 51.4 Å². The Hall–Kier alpha value is -2.11. The molecule has 0 heterocycles. The maximum Gasteiger partial charge on any atom is 0.306 e. The minimum atomic E-state index is -0.774. The molecule has 1 atom stereocenters. The number of unbranched alkanes of at least 4 members (excludes halogenated alkanes) is 54. The van der Waals surface area contributed by atoms with Gasteiger partial charge in [0.25, 0.3) is 0 Å². The van der Waals surface area contributed by atoms with E-state index < -0.39 is 6.10 Å². The van der Waals surface area contributed by atoms with E-state index >= 15 is 0 Å². The molecule has 0 aromatic heterocycles. The van der Waals surface area contributed by atoms with E-state index in [0.29, 0.717) is 19.3 Å². The Kier molecular flexibility index (Phi) is 68.5. The molecule has 0 saturated carbocycles. The van der Waals surface area contributed by atoms with Gasteiger partial charge in [0.2, 0.25) is 0 Å². The van der Waals surface area contributed by atoms with Gasteiger partial charge in [0, 0.05) is 19.3 Å². The fraction of sp³-hybridized carbons (Fsp3) is 0.907. The van der Waals surface area contributed by atoms with Crippen LogP contribution in [-0.2, 0) is 28.6 Å². The summed E-state index contributed by atoms with van der Waals surface area (Å²) in [6.07, 6.45) is 86.6. The van der Waals surface area contributed by atoms with Crippen LogP contribution >= 0.6 is 0 Å². The molecule has 0 aliphatic carbocycles. The number of rotatable bonds is 69. The topological polar surface area (TPSA) is 78.9 Å². The second-order valence-electron chi connectivity index (χ2n) is 25.2. The molecule has 0 rings (SSSR count). The third-order valence-electron chi connectivity index (χ3n) is 17.0. The molecule has 81 heavy (non-hydrogen) atoms. The third-order valence-corrected chi connectivity index (χ3v) is 17.0. The molecule has 0 fully saturated rings. The van der Waals surface area contributed by atoms with Crippen LogP contribution in [-0.4, -0.2) is 37.2 Å². The molecular formula is C75H142O6. The summed E-state index contributed by atoms with van der Waals surface area (Å²) in [5.74, 6) is -0.851. The van der Waals surface area contributed by atoms with Crippen LogP contribution in [0.4, 0.5) is 0 Å². The molecule has 6 nitrogen and oxygen atoms in total. The van der Waals surface area contributed by atoms with Gasteiger partial charge >= 0.3 is 17.9 Å². The highest BCUT2D eigenvalue weighted by Crippen LogP contribution is 2.19. The van der Waals surface area contributed by atoms with Crippen molar-refractivity contribution in [1.29, 1.82) is 0 Å². The molecule has 0 bridgehead atoms. The first-order chi connectivity index (χ1) is 40.0. The standard InChI is InChI=1S/C75H142O6/c1-4-7-10-13-16-19-22-25-28-30-31-32-33-34-35-36-37-38-39-40-41-42-43-44-45-48-50-53-56-59-62-65-68-74(77)80-71-72(70-79-73(76)67-64-61-58-55-52-49-46-27-24-21-18-15-12-9-6-3)81-75(78)69-66-63-60-57-54-51-47-29-26-23-20-17-14-11-8-5-2/h18,21,27,46,72H,4-17,19-20,22-26,28-45,47-71H2,1-3H3/b21-18-,46-27-. The number of esters is 3. The fourth-order valence-electron chi connectivity index (χ4n) is 11.4. The average molecular weight is 1140 g/mol. The summed E-state index contributed by atoms with van der Waals surface area (Å²) < 4.78 is 17.0. The van der Waals surface area contributed by atoms with Crippen LogP contribution < -0.4 is 0 Å². The van der Waals surface area contributed by atoms with Gasteiger partial charge in [0.1, 0.15) is 13.2 Å². The molecule has 0 amide bonds. The molecule has 0 N–H and O–H groups in total. The Labute approximate surface area is 506 Å². The minimum Gasteiger partial charge on any atom is -0.462 e. The Bertz CT molecular complexity index is 1310. The summed E-state index contributed by atoms with van der Waals surface area (Å²) in [4.78, 5) is 38.4. The maximum absolute atomic E-state index is 12.9. The lowest BCUT2D eigenvalue weighted by atomic mass is 10.0. The first-order valence-corrected chi connectivity index (χ1v) is 36.8. The van der Waals surface area contributed by atoms with E-state index in [1.807, 2.05) is 0 Å². The Morgan fingerprint density at radius 2 is 0.444 bits per heavy atom. The predicted octanol–water partition coefficient (Wildman–Crippen LogP) is 25.3. The molecule has 6 heteroatoms. The highest BCUT2D eigenvalue weighted by atomic mass is 16.6. The predicted molar refractivity (Wildman–Crippen MR) is 353 cm³/mol. The zero-order valence-electron chi connectivity index (χ0n) is 55.1. The lowest BCUT2D eigenvalue weighted by Gasteiger charge is -2.18. The lowest BCUT2D eigenvalue weighted by Crippen LogP contribution is -2.30. The van der Waals surface area contributed by atoms with Gasteiger partial charge < -0.3 is 14.2 Å². The normalized spacial score (nSPS) is 12.1. The number of carbonyl (C=O) groups is 3. The van der Waals surface area contributed by atoms with Crippen molar-refractivity contribution in [3.8, 4) is 0 Å². The van der Waals surface area contributed by atoms with E-state index in [1.165, 1.54) is 302 Å². The van der Waals surface area contributed by atoms with Crippen molar-refractivity contribution in [3.63, 3.8) is 0 Å². The zero-order chi connectivity index (χ0) is 58.5. The van der Waals surface area contributed by atoms with Crippen LogP contribution in [0.15, 0.2) is 24.3 Å². The lowest BCUT2D eigenvalue weighted by molar-refractivity contribution is -0.167. The van der Waals surface area contributed by atoms with Gasteiger partial charge in [-0.25, -0.2) is 0 Å². The molecule has 0 saturated heterocycles. The Balaban J connectivity index is 4.12. The molecule has 0 radical (unpaired) electrons. The van der Waals surface area contributed by atoms with E-state index in [9.17, 15) is 14.4 Å². The summed E-state index contributed by atoms with van der Waals surface area (Å²) in [7, 11) is 0. The van der Waals surface area contributed by atoms with Crippen molar-refractivity contribution in [2.24, 2.45) is 0 Å². The van der Waals surface area contributed by atoms with Crippen molar-refractivity contribution < 1.29 is 28.6 Å². The largest absolute Gasteiger partial charge is 0.462 e. The Morgan fingerprint density at radius 1 is 0.247 bits per heavy atom. The van der Waals surface area contributed by atoms with E-state index in [0.717, 1.165) is 77.0 Å². The highest BCUT2D eigenvalue weighted by Gasteiger charge is 2.20. The first-order valence-electron chi connectivity index (χ1n) is 36.8. The fourth-order valence-corrected chi connectivity index (χ4v) is 11.4. The highest BCUT2D eigenvalue weighted by molar-refractivity contribution is 5.71. The molecular weight excluding hydrogens is 997 g/mol. The second kappa shape index (κ2) is 70.4. The smallest absolute Gasteiger partial charge is 0.306 e. The van der Waals surface area contributed by atoms with Crippen molar-refractivity contribution >= 4 is 17.9 Å². The van der Waals surface area contributed by atoms with Crippen LogP contribution in [0.2, 0.25) is 0 Å². The summed E-state index contributed by atoms with van der Waals surface area (Å²) in [6, 6.07) is 0. The molecule has 478 valence electrons. The van der Waals surface area contributed by atoms with Crippen molar-refractivity contribution in [2.45, 2.75) is 425 Å². The number of hydrogen-bond donors (Lipinski definition) is 0. The van der Waals surface area contributed by atoms with Gasteiger partial charge in [0.05, 0.1) is 0 Å². The summed E-state index contributed by atoms with van der Waals surface area (Å²) in [5.41, 5.74) is 0. The van der Waals surface area contributed by atoms with Gasteiger partial charge in [-0.2, -0.15) is 0 Å². The summed E-state index contributed by atoms with van der Waals surface area (Å²) >= 11 is 0. The zero-order valence-corrected chi connectivity index (χ0v) is 55.1. The molecule has 0 spiro atoms.